The molecule has 0 aromatic carbocycles. The Balaban J connectivity index is 4.60. The van der Waals surface area contributed by atoms with Gasteiger partial charge in [0.05, 0.1) is 20.6 Å². The summed E-state index contributed by atoms with van der Waals surface area (Å²) in [7, 11) is 6.03. The van der Waals surface area contributed by atoms with E-state index in [9.17, 15) is 9.90 Å². The van der Waals surface area contributed by atoms with Crippen molar-refractivity contribution < 1.29 is 27.7 Å². The molecule has 0 amide bonds. The molecule has 6 nitrogen and oxygen atoms in total. The number of carboxylic acid groups (broad SMARTS) is 1. The summed E-state index contributed by atoms with van der Waals surface area (Å²) in [6, 6.07) is 0.674. The molecule has 0 saturated carbocycles. The zero-order valence-corrected chi connectivity index (χ0v) is 14.1. The van der Waals surface area contributed by atoms with E-state index in [4.69, 9.17) is 13.3 Å². The molecule has 0 spiro atoms. The fourth-order valence-electron chi connectivity index (χ4n) is 1.79. The van der Waals surface area contributed by atoms with Gasteiger partial charge in [0.25, 0.3) is 0 Å². The molecule has 0 aromatic rings. The Morgan fingerprint density at radius 1 is 1.16 bits per heavy atom. The number of carboxylic acids is 1. The number of aliphatic carboxylic acids is 1. The van der Waals surface area contributed by atoms with Gasteiger partial charge in [-0.2, -0.15) is 0 Å². The van der Waals surface area contributed by atoms with Crippen molar-refractivity contribution in [2.75, 3.05) is 42.0 Å². The standard InChI is InChI=1S/C12H27NO5Si/c1-12(2,11(14)15)13(3,4)9-8-10-19(16-5,17-6)18-7/h8-10H2,1-7H3/p+1. The van der Waals surface area contributed by atoms with Crippen molar-refractivity contribution in [2.45, 2.75) is 31.9 Å². The molecule has 0 atom stereocenters. The molecule has 0 aliphatic heterocycles. The van der Waals surface area contributed by atoms with Crippen LogP contribution < -0.4 is 0 Å². The minimum absolute atomic E-state index is 0.393. The van der Waals surface area contributed by atoms with Crippen molar-refractivity contribution in [3.63, 3.8) is 0 Å². The molecule has 0 heterocycles. The average Bonchev–Trinajstić information content (AvgIpc) is 2.34. The van der Waals surface area contributed by atoms with Crippen molar-refractivity contribution in [3.8, 4) is 0 Å². The maximum absolute atomic E-state index is 11.3. The van der Waals surface area contributed by atoms with Crippen LogP contribution in [0.3, 0.4) is 0 Å². The maximum Gasteiger partial charge on any atom is 0.500 e. The molecule has 7 heteroatoms. The fourth-order valence-corrected chi connectivity index (χ4v) is 3.49. The summed E-state index contributed by atoms with van der Waals surface area (Å²) in [6.07, 6.45) is 0.783. The van der Waals surface area contributed by atoms with E-state index in [0.717, 1.165) is 6.42 Å². The van der Waals surface area contributed by atoms with E-state index in [0.29, 0.717) is 17.1 Å². The van der Waals surface area contributed by atoms with Crippen LogP contribution in [0, 0.1) is 0 Å². The first-order chi connectivity index (χ1) is 8.58. The van der Waals surface area contributed by atoms with Crippen molar-refractivity contribution in [1.82, 2.24) is 0 Å². The van der Waals surface area contributed by atoms with Crippen LogP contribution in [0.5, 0.6) is 0 Å². The summed E-state index contributed by atoms with van der Waals surface area (Å²) in [4.78, 5) is 11.3. The Bertz CT molecular complexity index is 294. The van der Waals surface area contributed by atoms with Crippen molar-refractivity contribution >= 4 is 14.8 Å². The first-order valence-electron chi connectivity index (χ1n) is 6.30. The monoisotopic (exact) mass is 294 g/mol. The van der Waals surface area contributed by atoms with Crippen molar-refractivity contribution in [3.05, 3.63) is 0 Å². The molecule has 0 aliphatic carbocycles. The van der Waals surface area contributed by atoms with E-state index in [1.54, 1.807) is 35.2 Å². The highest BCUT2D eigenvalue weighted by molar-refractivity contribution is 6.60. The Kier molecular flexibility index (Phi) is 6.63. The van der Waals surface area contributed by atoms with E-state index >= 15 is 0 Å². The summed E-state index contributed by atoms with van der Waals surface area (Å²) in [5.41, 5.74) is -0.836. The van der Waals surface area contributed by atoms with Crippen LogP contribution in [0.1, 0.15) is 20.3 Å². The maximum atomic E-state index is 11.3. The number of carbonyl (C=O) groups is 1. The van der Waals surface area contributed by atoms with Gasteiger partial charge in [-0.25, -0.2) is 4.79 Å². The SMILES string of the molecule is CO[Si](CCC[N+](C)(C)C(C)(C)C(=O)O)(OC)OC. The summed E-state index contributed by atoms with van der Waals surface area (Å²) in [5, 5.41) is 9.29. The minimum Gasteiger partial charge on any atom is -0.477 e. The van der Waals surface area contributed by atoms with Crippen molar-refractivity contribution in [1.29, 1.82) is 0 Å². The lowest BCUT2D eigenvalue weighted by atomic mass is 10.0. The first-order valence-corrected chi connectivity index (χ1v) is 8.23. The third-order valence-electron chi connectivity index (χ3n) is 4.17. The molecule has 0 bridgehead atoms. The molecule has 0 fully saturated rings. The van der Waals surface area contributed by atoms with Crippen LogP contribution in [0.2, 0.25) is 6.04 Å². The van der Waals surface area contributed by atoms with Crippen LogP contribution in [-0.2, 0) is 18.1 Å². The van der Waals surface area contributed by atoms with E-state index in [-0.39, 0.29) is 0 Å². The number of likely N-dealkylation sites (N-methyl/N-ethyl adjacent to an activating group) is 1. The van der Waals surface area contributed by atoms with Gasteiger partial charge in [0, 0.05) is 47.6 Å². The number of hydrogen-bond acceptors (Lipinski definition) is 4. The molecule has 0 saturated heterocycles. The summed E-state index contributed by atoms with van der Waals surface area (Å²) in [6.45, 7) is 4.19. The smallest absolute Gasteiger partial charge is 0.477 e. The zero-order valence-electron chi connectivity index (χ0n) is 13.1. The van der Waals surface area contributed by atoms with Crippen molar-refractivity contribution in [2.24, 2.45) is 0 Å². The van der Waals surface area contributed by atoms with Crippen LogP contribution in [0.15, 0.2) is 0 Å². The second-order valence-corrected chi connectivity index (χ2v) is 8.76. The predicted molar refractivity (Wildman–Crippen MR) is 74.9 cm³/mol. The second kappa shape index (κ2) is 6.80. The topological polar surface area (TPSA) is 65.0 Å². The normalized spacial score (nSPS) is 13.6. The van der Waals surface area contributed by atoms with Crippen LogP contribution >= 0.6 is 0 Å². The molecule has 1 N–H and O–H groups in total. The van der Waals surface area contributed by atoms with E-state index in [2.05, 4.69) is 0 Å². The molecule has 0 aliphatic rings. The molecule has 0 unspecified atom stereocenters. The molecule has 114 valence electrons. The van der Waals surface area contributed by atoms with Gasteiger partial charge in [0.15, 0.2) is 5.54 Å². The summed E-state index contributed by atoms with van der Waals surface area (Å²) < 4.78 is 16.5. The Labute approximate surface area is 117 Å². The first kappa shape index (κ1) is 18.5. The highest BCUT2D eigenvalue weighted by Crippen LogP contribution is 2.23. The third-order valence-corrected chi connectivity index (χ3v) is 7.00. The number of nitrogens with zero attached hydrogens (tertiary/aromatic N) is 1. The van der Waals surface area contributed by atoms with E-state index in [1.165, 1.54) is 0 Å². The third kappa shape index (κ3) is 4.25. The second-order valence-electron chi connectivity index (χ2n) is 5.67. The lowest BCUT2D eigenvalue weighted by Gasteiger charge is -2.41. The predicted octanol–water partition coefficient (Wildman–Crippen LogP) is 1.19. The Hall–Kier alpha value is -0.473. The molecule has 0 rings (SSSR count). The Morgan fingerprint density at radius 3 is 1.89 bits per heavy atom. The zero-order chi connectivity index (χ0) is 15.3. The molecular weight excluding hydrogens is 266 g/mol. The van der Waals surface area contributed by atoms with Gasteiger partial charge in [0.1, 0.15) is 0 Å². The summed E-state index contributed by atoms with van der Waals surface area (Å²) >= 11 is 0. The number of rotatable bonds is 9. The van der Waals surface area contributed by atoms with E-state index < -0.39 is 20.3 Å². The van der Waals surface area contributed by atoms with Gasteiger partial charge in [-0.3, -0.25) is 0 Å². The molecular formula is C12H28NO5Si+. The minimum atomic E-state index is -2.56. The van der Waals surface area contributed by atoms with E-state index in [1.807, 2.05) is 14.1 Å². The van der Waals surface area contributed by atoms with Crippen LogP contribution in [0.25, 0.3) is 0 Å². The van der Waals surface area contributed by atoms with Gasteiger partial charge in [-0.15, -0.1) is 0 Å². The quantitative estimate of drug-likeness (QED) is 0.511. The van der Waals surface area contributed by atoms with Gasteiger partial charge >= 0.3 is 14.8 Å². The van der Waals surface area contributed by atoms with Gasteiger partial charge in [0.2, 0.25) is 0 Å². The number of hydrogen-bond donors (Lipinski definition) is 1. The average molecular weight is 294 g/mol. The molecule has 0 aromatic heterocycles. The van der Waals surface area contributed by atoms with Gasteiger partial charge in [-0.05, 0) is 0 Å². The number of quaternary nitrogens is 1. The largest absolute Gasteiger partial charge is 0.500 e. The van der Waals surface area contributed by atoms with Gasteiger partial charge < -0.3 is 22.9 Å². The molecule has 0 radical (unpaired) electrons. The Morgan fingerprint density at radius 2 is 1.58 bits per heavy atom. The lowest BCUT2D eigenvalue weighted by molar-refractivity contribution is -0.928. The highest BCUT2D eigenvalue weighted by Gasteiger charge is 2.45. The van der Waals surface area contributed by atoms with Crippen LogP contribution in [-0.4, -0.2) is 71.9 Å². The lowest BCUT2D eigenvalue weighted by Crippen LogP contribution is -2.61. The van der Waals surface area contributed by atoms with Crippen LogP contribution in [0.4, 0.5) is 0 Å². The fraction of sp³-hybridized carbons (Fsp3) is 0.917. The molecule has 19 heavy (non-hydrogen) atoms. The van der Waals surface area contributed by atoms with Gasteiger partial charge in [-0.1, -0.05) is 0 Å². The summed E-state index contributed by atoms with van der Waals surface area (Å²) in [5.74, 6) is -0.800. The highest BCUT2D eigenvalue weighted by atomic mass is 28.4.